The van der Waals surface area contributed by atoms with Crippen molar-refractivity contribution in [2.24, 2.45) is 75.4 Å². The Morgan fingerprint density at radius 1 is 0.910 bits per heavy atom. The van der Waals surface area contributed by atoms with Gasteiger partial charge in [-0.25, -0.2) is 4.79 Å². The summed E-state index contributed by atoms with van der Waals surface area (Å²) in [6.45, 7) is 4.27. The van der Waals surface area contributed by atoms with E-state index in [0.29, 0.717) is 62.7 Å². The predicted octanol–water partition coefficient (Wildman–Crippen LogP) is 6.93. The molecule has 11 rings (SSSR count). The van der Waals surface area contributed by atoms with Crippen molar-refractivity contribution in [2.75, 3.05) is 6.73 Å². The van der Waals surface area contributed by atoms with Crippen molar-refractivity contribution in [1.82, 2.24) is 5.32 Å². The second-order valence-electron chi connectivity index (χ2n) is 24.6. The highest BCUT2D eigenvalue weighted by molar-refractivity contribution is 5.86. The third-order valence-corrected chi connectivity index (χ3v) is 22.4. The lowest BCUT2D eigenvalue weighted by Gasteiger charge is -2.74. The van der Waals surface area contributed by atoms with Crippen molar-refractivity contribution in [1.29, 1.82) is 0 Å². The molecule has 0 radical (unpaired) electrons. The zero-order chi connectivity index (χ0) is 46.7. The van der Waals surface area contributed by atoms with Gasteiger partial charge >= 0.3 is 5.97 Å². The fourth-order valence-corrected chi connectivity index (χ4v) is 19.7. The molecule has 10 nitrogen and oxygen atoms in total. The van der Waals surface area contributed by atoms with Crippen LogP contribution in [0.4, 0.5) is 0 Å². The van der Waals surface area contributed by atoms with Gasteiger partial charge in [-0.3, -0.25) is 5.32 Å². The number of benzene rings is 1. The predicted molar refractivity (Wildman–Crippen MR) is 252 cm³/mol. The Morgan fingerprint density at radius 2 is 1.72 bits per heavy atom. The van der Waals surface area contributed by atoms with Crippen LogP contribution in [0.5, 0.6) is 0 Å². The maximum atomic E-state index is 15.0. The van der Waals surface area contributed by atoms with Gasteiger partial charge < -0.3 is 40.2 Å². The first-order valence-electron chi connectivity index (χ1n) is 27.1. The van der Waals surface area contributed by atoms with Crippen LogP contribution in [-0.4, -0.2) is 90.8 Å². The number of aldehydes is 1. The summed E-state index contributed by atoms with van der Waals surface area (Å²) < 4.78 is 6.27. The van der Waals surface area contributed by atoms with Crippen molar-refractivity contribution in [3.8, 4) is 11.8 Å². The minimum Gasteiger partial charge on any atom is -0.454 e. The average molecular weight is 922 g/mol. The molecule has 19 unspecified atom stereocenters. The van der Waals surface area contributed by atoms with Crippen molar-refractivity contribution in [3.63, 3.8) is 0 Å². The molecule has 0 aromatic heterocycles. The number of ether oxygens (including phenoxy) is 1. The molecule has 19 atom stereocenters. The molecule has 2 spiro atoms. The minimum atomic E-state index is -2.21. The first-order chi connectivity index (χ1) is 32.3. The molecule has 10 heteroatoms. The Morgan fingerprint density at radius 3 is 2.49 bits per heavy atom. The third kappa shape index (κ3) is 6.45. The molecular formula is C57H79NO9. The average Bonchev–Trinajstić information content (AvgIpc) is 4.11. The third-order valence-electron chi connectivity index (χ3n) is 22.4. The standard InChI is InChI=1S/C57H79NO9/c1-3-4-5-12-35-20-23-52(29-35)31-54(32-59)46-21-24-53-22-11-10-16-37-15-8-9-17-39(37)27-45(58-33-60)41-25-40(48(53)42-28-47(61)67-49(41)42)30-55(53,64)57(46,66)51(63)44-26-38(34(2)36-13-6-7-14-36)18-19-43(50(52)62)56(44,54)65/h8-9,15,17,28,32,34-36,38,40-41,43-46,48-51,58,60,62-66H,3-7,11-14,18-27,29-31,33H2,1-2H3. The Hall–Kier alpha value is -2.62. The second-order valence-corrected chi connectivity index (χ2v) is 24.6. The highest BCUT2D eigenvalue weighted by atomic mass is 16.5. The van der Waals surface area contributed by atoms with Crippen LogP contribution in [0.3, 0.4) is 0 Å². The zero-order valence-electron chi connectivity index (χ0n) is 40.2. The number of carbonyl (C=O) groups is 2. The van der Waals surface area contributed by atoms with Crippen LogP contribution in [0.1, 0.15) is 160 Å². The molecule has 1 aromatic carbocycles. The summed E-state index contributed by atoms with van der Waals surface area (Å²) in [4.78, 5) is 28.6. The molecule has 0 amide bonds. The topological polar surface area (TPSA) is 177 Å². The number of aliphatic hydroxyl groups excluding tert-OH is 3. The number of rotatable bonds is 9. The summed E-state index contributed by atoms with van der Waals surface area (Å²) in [7, 11) is 0. The summed E-state index contributed by atoms with van der Waals surface area (Å²) in [5.74, 6) is 4.34. The van der Waals surface area contributed by atoms with Crippen LogP contribution in [0.2, 0.25) is 0 Å². The molecule has 366 valence electrons. The molecule has 10 aliphatic rings. The number of aliphatic hydroxyl groups is 6. The monoisotopic (exact) mass is 922 g/mol. The van der Waals surface area contributed by atoms with E-state index in [2.05, 4.69) is 37.1 Å². The lowest BCUT2D eigenvalue weighted by molar-refractivity contribution is -0.383. The fraction of sp³-hybridized carbons (Fsp3) is 0.789. The Labute approximate surface area is 398 Å². The summed E-state index contributed by atoms with van der Waals surface area (Å²) in [6.07, 6.45) is 15.9. The van der Waals surface area contributed by atoms with Gasteiger partial charge in [-0.2, -0.15) is 0 Å². The van der Waals surface area contributed by atoms with Gasteiger partial charge in [0.25, 0.3) is 0 Å². The van der Waals surface area contributed by atoms with E-state index >= 15 is 0 Å². The van der Waals surface area contributed by atoms with Gasteiger partial charge in [0.15, 0.2) is 0 Å². The van der Waals surface area contributed by atoms with Crippen LogP contribution >= 0.6 is 0 Å². The highest BCUT2D eigenvalue weighted by Gasteiger charge is 2.86. The Kier molecular flexibility index (Phi) is 11.9. The molecule has 1 heterocycles. The minimum absolute atomic E-state index is 0.0949. The molecule has 4 bridgehead atoms. The van der Waals surface area contributed by atoms with Crippen LogP contribution in [0, 0.1) is 87.3 Å². The van der Waals surface area contributed by atoms with Crippen molar-refractivity contribution < 1.29 is 45.0 Å². The maximum absolute atomic E-state index is 15.0. The van der Waals surface area contributed by atoms with Gasteiger partial charge in [-0.15, -0.1) is 0 Å². The van der Waals surface area contributed by atoms with E-state index in [1.165, 1.54) is 12.8 Å². The fourth-order valence-electron chi connectivity index (χ4n) is 19.7. The smallest absolute Gasteiger partial charge is 0.331 e. The van der Waals surface area contributed by atoms with Crippen molar-refractivity contribution in [2.45, 2.75) is 196 Å². The van der Waals surface area contributed by atoms with Gasteiger partial charge in [0.2, 0.25) is 0 Å². The second kappa shape index (κ2) is 17.0. The molecule has 0 saturated heterocycles. The number of hydrogen-bond donors (Lipinski definition) is 7. The highest BCUT2D eigenvalue weighted by Crippen LogP contribution is 2.79. The van der Waals surface area contributed by atoms with E-state index in [-0.39, 0.29) is 55.7 Å². The molecule has 8 fully saturated rings. The van der Waals surface area contributed by atoms with E-state index in [4.69, 9.17) is 4.74 Å². The first kappa shape index (κ1) is 46.7. The number of hydrogen-bond acceptors (Lipinski definition) is 10. The molecule has 1 aliphatic heterocycles. The molecule has 8 saturated carbocycles. The lowest BCUT2D eigenvalue weighted by Crippen LogP contribution is -2.86. The summed E-state index contributed by atoms with van der Waals surface area (Å²) in [5.41, 5.74) is -6.45. The maximum Gasteiger partial charge on any atom is 0.331 e. The molecule has 67 heavy (non-hydrogen) atoms. The molecule has 9 aliphatic carbocycles. The van der Waals surface area contributed by atoms with E-state index in [1.807, 2.05) is 18.2 Å². The van der Waals surface area contributed by atoms with E-state index in [0.717, 1.165) is 87.2 Å². The molecule has 7 N–H and O–H groups in total. The number of carbonyl (C=O) groups excluding carboxylic acids is 2. The van der Waals surface area contributed by atoms with Crippen LogP contribution in [0.15, 0.2) is 35.9 Å². The van der Waals surface area contributed by atoms with Crippen LogP contribution in [0.25, 0.3) is 0 Å². The Balaban J connectivity index is 1.08. The number of esters is 1. The van der Waals surface area contributed by atoms with Crippen LogP contribution < -0.4 is 5.32 Å². The van der Waals surface area contributed by atoms with Gasteiger partial charge in [0.1, 0.15) is 23.6 Å². The van der Waals surface area contributed by atoms with Crippen LogP contribution in [-0.2, 0) is 20.7 Å². The normalized spacial score (nSPS) is 49.0. The van der Waals surface area contributed by atoms with Crippen molar-refractivity contribution >= 4 is 12.3 Å². The van der Waals surface area contributed by atoms with E-state index < -0.39 is 75.1 Å². The van der Waals surface area contributed by atoms with E-state index in [1.54, 1.807) is 6.08 Å². The molecule has 1 aromatic rings. The van der Waals surface area contributed by atoms with Crippen molar-refractivity contribution in [3.05, 3.63) is 47.0 Å². The quantitative estimate of drug-likeness (QED) is 0.0452. The van der Waals surface area contributed by atoms with Gasteiger partial charge in [-0.05, 0) is 142 Å². The summed E-state index contributed by atoms with van der Waals surface area (Å²) in [6, 6.07) is 7.74. The van der Waals surface area contributed by atoms with Gasteiger partial charge in [0.05, 0.1) is 30.0 Å². The first-order valence-corrected chi connectivity index (χ1v) is 27.1. The Bertz CT molecular complexity index is 2180. The van der Waals surface area contributed by atoms with Gasteiger partial charge in [-0.1, -0.05) is 95.3 Å². The lowest BCUT2D eigenvalue weighted by atomic mass is 9.33. The largest absolute Gasteiger partial charge is 0.454 e. The SMILES string of the molecule is CCCCCC1CCC2(C1)CC1(C=O)C3CCC45CCC#Cc6ccccc6CC(NCO)C6CC(CC4(O)C3(O)C(O)C3CC(C(C)C4CCCC4)CCC(C2O)C31O)C5C1=CC(=O)OC16. The zero-order valence-corrected chi connectivity index (χ0v) is 40.2. The van der Waals surface area contributed by atoms with E-state index in [9.17, 15) is 40.2 Å². The summed E-state index contributed by atoms with van der Waals surface area (Å²) in [5, 5.41) is 83.7. The number of fused-ring (bicyclic) bond motifs is 7. The van der Waals surface area contributed by atoms with Gasteiger partial charge in [0, 0.05) is 53.2 Å². The molecular weight excluding hydrogens is 843 g/mol. The number of unbranched alkanes of at least 4 members (excludes halogenated alkanes) is 2. The number of nitrogens with one attached hydrogen (secondary N) is 1. The summed E-state index contributed by atoms with van der Waals surface area (Å²) >= 11 is 0.